The number of rotatable bonds is 2. The lowest BCUT2D eigenvalue weighted by atomic mass is 10.0. The van der Waals surface area contributed by atoms with Crippen molar-refractivity contribution >= 4 is 0 Å². The Balaban J connectivity index is 2.16. The SMILES string of the molecule is CCN1CCNCC1c1ccc(O)cc1. The first kappa shape index (κ1) is 10.5. The molecular formula is C12H18N2O. The van der Waals surface area contributed by atoms with Gasteiger partial charge in [0.25, 0.3) is 0 Å². The molecule has 3 nitrogen and oxygen atoms in total. The molecule has 3 heteroatoms. The number of hydrogen-bond acceptors (Lipinski definition) is 3. The van der Waals surface area contributed by atoms with Crippen molar-refractivity contribution in [2.45, 2.75) is 13.0 Å². The van der Waals surface area contributed by atoms with Gasteiger partial charge < -0.3 is 10.4 Å². The Morgan fingerprint density at radius 3 is 2.80 bits per heavy atom. The van der Waals surface area contributed by atoms with E-state index in [2.05, 4.69) is 17.1 Å². The van der Waals surface area contributed by atoms with E-state index < -0.39 is 0 Å². The largest absolute Gasteiger partial charge is 0.508 e. The highest BCUT2D eigenvalue weighted by Crippen LogP contribution is 2.23. The molecule has 0 aliphatic carbocycles. The maximum atomic E-state index is 9.25. The molecule has 1 unspecified atom stereocenters. The molecule has 0 radical (unpaired) electrons. The standard InChI is InChI=1S/C12H18N2O/c1-2-14-8-7-13-9-12(14)10-3-5-11(15)6-4-10/h3-6,12-13,15H,2,7-9H2,1H3. The number of nitrogens with zero attached hydrogens (tertiary/aromatic N) is 1. The lowest BCUT2D eigenvalue weighted by Crippen LogP contribution is -2.45. The Morgan fingerprint density at radius 2 is 2.13 bits per heavy atom. The third-order valence-corrected chi connectivity index (χ3v) is 3.04. The Morgan fingerprint density at radius 1 is 1.40 bits per heavy atom. The number of piperazine rings is 1. The number of phenols is 1. The van der Waals surface area contributed by atoms with Crippen molar-refractivity contribution in [3.8, 4) is 5.75 Å². The predicted molar refractivity (Wildman–Crippen MR) is 61.0 cm³/mol. The van der Waals surface area contributed by atoms with Gasteiger partial charge in [0.15, 0.2) is 0 Å². The fraction of sp³-hybridized carbons (Fsp3) is 0.500. The molecule has 0 aromatic heterocycles. The topological polar surface area (TPSA) is 35.5 Å². The summed E-state index contributed by atoms with van der Waals surface area (Å²) in [5.74, 6) is 0.338. The summed E-state index contributed by atoms with van der Waals surface area (Å²) >= 11 is 0. The molecular weight excluding hydrogens is 188 g/mol. The van der Waals surface area contributed by atoms with E-state index in [1.54, 1.807) is 12.1 Å². The molecule has 0 amide bonds. The second kappa shape index (κ2) is 4.64. The maximum Gasteiger partial charge on any atom is 0.115 e. The van der Waals surface area contributed by atoms with Crippen LogP contribution in [0.4, 0.5) is 0 Å². The van der Waals surface area contributed by atoms with Gasteiger partial charge in [0, 0.05) is 25.7 Å². The summed E-state index contributed by atoms with van der Waals surface area (Å²) in [4.78, 5) is 2.46. The van der Waals surface area contributed by atoms with Crippen LogP contribution in [-0.4, -0.2) is 36.2 Å². The second-order valence-electron chi connectivity index (χ2n) is 3.94. The normalized spacial score (nSPS) is 22.9. The monoisotopic (exact) mass is 206 g/mol. The zero-order valence-electron chi connectivity index (χ0n) is 9.11. The van der Waals surface area contributed by atoms with Gasteiger partial charge in [-0.1, -0.05) is 19.1 Å². The highest BCUT2D eigenvalue weighted by Gasteiger charge is 2.21. The molecule has 0 bridgehead atoms. The van der Waals surface area contributed by atoms with E-state index >= 15 is 0 Å². The van der Waals surface area contributed by atoms with Crippen molar-refractivity contribution in [2.75, 3.05) is 26.2 Å². The van der Waals surface area contributed by atoms with E-state index in [0.29, 0.717) is 11.8 Å². The van der Waals surface area contributed by atoms with Crippen molar-refractivity contribution < 1.29 is 5.11 Å². The molecule has 1 heterocycles. The third-order valence-electron chi connectivity index (χ3n) is 3.04. The van der Waals surface area contributed by atoms with Crippen LogP contribution in [0.3, 0.4) is 0 Å². The Hall–Kier alpha value is -1.06. The van der Waals surface area contributed by atoms with Gasteiger partial charge in [0.05, 0.1) is 0 Å². The number of phenolic OH excluding ortho intramolecular Hbond substituents is 1. The molecule has 2 N–H and O–H groups in total. The molecule has 1 fully saturated rings. The molecule has 2 rings (SSSR count). The molecule has 1 aliphatic heterocycles. The summed E-state index contributed by atoms with van der Waals surface area (Å²) in [6.45, 7) is 6.44. The van der Waals surface area contributed by atoms with Crippen molar-refractivity contribution in [2.24, 2.45) is 0 Å². The molecule has 1 atom stereocenters. The number of likely N-dealkylation sites (N-methyl/N-ethyl adjacent to an activating group) is 1. The first-order valence-corrected chi connectivity index (χ1v) is 5.55. The molecule has 1 aromatic rings. The van der Waals surface area contributed by atoms with Gasteiger partial charge >= 0.3 is 0 Å². The Labute approximate surface area is 90.7 Å². The van der Waals surface area contributed by atoms with Crippen LogP contribution in [0.1, 0.15) is 18.5 Å². The van der Waals surface area contributed by atoms with E-state index in [-0.39, 0.29) is 0 Å². The lowest BCUT2D eigenvalue weighted by Gasteiger charge is -2.35. The summed E-state index contributed by atoms with van der Waals surface area (Å²) < 4.78 is 0. The van der Waals surface area contributed by atoms with Gasteiger partial charge in [-0.05, 0) is 24.2 Å². The van der Waals surface area contributed by atoms with Crippen LogP contribution < -0.4 is 5.32 Å². The highest BCUT2D eigenvalue weighted by molar-refractivity contribution is 5.28. The summed E-state index contributed by atoms with van der Waals surface area (Å²) in [5.41, 5.74) is 1.28. The first-order chi connectivity index (χ1) is 7.31. The fourth-order valence-electron chi connectivity index (χ4n) is 2.15. The predicted octanol–water partition coefficient (Wildman–Crippen LogP) is 1.36. The molecule has 0 saturated carbocycles. The summed E-state index contributed by atoms with van der Waals surface area (Å²) in [7, 11) is 0. The van der Waals surface area contributed by atoms with E-state index in [9.17, 15) is 5.11 Å². The fourth-order valence-corrected chi connectivity index (χ4v) is 2.15. The number of benzene rings is 1. The van der Waals surface area contributed by atoms with Crippen molar-refractivity contribution in [3.63, 3.8) is 0 Å². The molecule has 15 heavy (non-hydrogen) atoms. The highest BCUT2D eigenvalue weighted by atomic mass is 16.3. The van der Waals surface area contributed by atoms with Gasteiger partial charge in [-0.2, -0.15) is 0 Å². The van der Waals surface area contributed by atoms with Crippen molar-refractivity contribution in [3.05, 3.63) is 29.8 Å². The molecule has 1 aliphatic rings. The van der Waals surface area contributed by atoms with Crippen LogP contribution in [0.15, 0.2) is 24.3 Å². The summed E-state index contributed by atoms with van der Waals surface area (Å²) in [6.07, 6.45) is 0. The first-order valence-electron chi connectivity index (χ1n) is 5.55. The van der Waals surface area contributed by atoms with Crippen LogP contribution in [0, 0.1) is 0 Å². The van der Waals surface area contributed by atoms with Gasteiger partial charge in [-0.3, -0.25) is 4.90 Å². The van der Waals surface area contributed by atoms with Crippen LogP contribution in [0.2, 0.25) is 0 Å². The van der Waals surface area contributed by atoms with Crippen LogP contribution >= 0.6 is 0 Å². The molecule has 1 saturated heterocycles. The van der Waals surface area contributed by atoms with Gasteiger partial charge in [0.1, 0.15) is 5.75 Å². The molecule has 0 spiro atoms. The third kappa shape index (κ3) is 2.30. The van der Waals surface area contributed by atoms with Crippen molar-refractivity contribution in [1.82, 2.24) is 10.2 Å². The van der Waals surface area contributed by atoms with Gasteiger partial charge in [-0.25, -0.2) is 0 Å². The van der Waals surface area contributed by atoms with E-state index in [1.807, 2.05) is 12.1 Å². The van der Waals surface area contributed by atoms with E-state index in [0.717, 1.165) is 26.2 Å². The number of hydrogen-bond donors (Lipinski definition) is 2. The minimum atomic E-state index is 0.338. The molecule has 1 aromatic carbocycles. The van der Waals surface area contributed by atoms with Crippen LogP contribution in [-0.2, 0) is 0 Å². The van der Waals surface area contributed by atoms with Gasteiger partial charge in [-0.15, -0.1) is 0 Å². The average molecular weight is 206 g/mol. The minimum Gasteiger partial charge on any atom is -0.508 e. The average Bonchev–Trinajstić information content (AvgIpc) is 2.30. The lowest BCUT2D eigenvalue weighted by molar-refractivity contribution is 0.171. The Kier molecular flexibility index (Phi) is 3.23. The van der Waals surface area contributed by atoms with Gasteiger partial charge in [0.2, 0.25) is 0 Å². The minimum absolute atomic E-state index is 0.338. The van der Waals surface area contributed by atoms with E-state index in [4.69, 9.17) is 0 Å². The number of nitrogens with one attached hydrogen (secondary N) is 1. The van der Waals surface area contributed by atoms with Crippen LogP contribution in [0.5, 0.6) is 5.75 Å². The zero-order valence-corrected chi connectivity index (χ0v) is 9.11. The summed E-state index contributed by atoms with van der Waals surface area (Å²) in [5, 5.41) is 12.7. The van der Waals surface area contributed by atoms with Crippen LogP contribution in [0.25, 0.3) is 0 Å². The smallest absolute Gasteiger partial charge is 0.115 e. The summed E-state index contributed by atoms with van der Waals surface area (Å²) in [6, 6.07) is 7.99. The maximum absolute atomic E-state index is 9.25. The Bertz CT molecular complexity index is 310. The molecule has 82 valence electrons. The number of aromatic hydroxyl groups is 1. The zero-order chi connectivity index (χ0) is 10.7. The quantitative estimate of drug-likeness (QED) is 0.767. The second-order valence-corrected chi connectivity index (χ2v) is 3.94. The van der Waals surface area contributed by atoms with E-state index in [1.165, 1.54) is 5.56 Å². The van der Waals surface area contributed by atoms with Crippen molar-refractivity contribution in [1.29, 1.82) is 0 Å².